The van der Waals surface area contributed by atoms with Gasteiger partial charge >= 0.3 is 5.97 Å². The van der Waals surface area contributed by atoms with Gasteiger partial charge in [-0.1, -0.05) is 24.3 Å². The topological polar surface area (TPSA) is 96.4 Å². The molecular weight excluding hydrogens is 480 g/mol. The number of likely N-dealkylation sites (tertiary alicyclic amines) is 1. The number of benzene rings is 1. The molecule has 9 heteroatoms. The Morgan fingerprint density at radius 2 is 1.94 bits per heavy atom. The molecule has 2 fully saturated rings. The number of carbonyl (C=O) groups excluding carboxylic acids is 3. The molecule has 1 unspecified atom stereocenters. The number of methoxy groups -OCH3 is 1. The summed E-state index contributed by atoms with van der Waals surface area (Å²) in [6.07, 6.45) is 10.7. The summed E-state index contributed by atoms with van der Waals surface area (Å²) in [7, 11) is 1.59. The fourth-order valence-corrected chi connectivity index (χ4v) is 7.88. The Morgan fingerprint density at radius 3 is 2.69 bits per heavy atom. The van der Waals surface area contributed by atoms with E-state index in [9.17, 15) is 19.5 Å². The van der Waals surface area contributed by atoms with Crippen LogP contribution in [0.25, 0.3) is 0 Å². The van der Waals surface area contributed by atoms with Gasteiger partial charge in [-0.25, -0.2) is 0 Å². The number of fused-ring (bicyclic) bond motifs is 2. The van der Waals surface area contributed by atoms with Crippen LogP contribution in [0.4, 0.5) is 5.69 Å². The van der Waals surface area contributed by atoms with E-state index in [2.05, 4.69) is 6.08 Å². The number of hydrogen-bond donors (Lipinski definition) is 1. The first-order chi connectivity index (χ1) is 17.5. The van der Waals surface area contributed by atoms with Gasteiger partial charge < -0.3 is 24.4 Å². The number of anilines is 1. The second-order valence-corrected chi connectivity index (χ2v) is 11.1. The largest absolute Gasteiger partial charge is 0.497 e. The molecular formula is C27H32N2O6S. The molecule has 1 spiro atoms. The highest BCUT2D eigenvalue weighted by molar-refractivity contribution is 8.02. The van der Waals surface area contributed by atoms with Crippen molar-refractivity contribution in [2.24, 2.45) is 11.8 Å². The number of rotatable bonds is 6. The second-order valence-electron chi connectivity index (χ2n) is 9.59. The van der Waals surface area contributed by atoms with E-state index in [0.717, 1.165) is 18.5 Å². The van der Waals surface area contributed by atoms with Gasteiger partial charge in [-0.2, -0.15) is 0 Å². The SMILES string of the molecule is COc1ccc(N2CC=C[C@]34S[C@@H]5/C=C\CCCOC(=O)[C@@H]5[C@H]3C(=O)N(CCCCO)C4C2=O)cc1. The van der Waals surface area contributed by atoms with Crippen molar-refractivity contribution < 1.29 is 29.0 Å². The Labute approximate surface area is 215 Å². The smallest absolute Gasteiger partial charge is 0.311 e. The molecule has 2 amide bonds. The van der Waals surface area contributed by atoms with Crippen LogP contribution in [-0.4, -0.2) is 77.2 Å². The third kappa shape index (κ3) is 4.12. The number of allylic oxidation sites excluding steroid dienone is 1. The molecule has 0 radical (unpaired) electrons. The molecule has 8 nitrogen and oxygen atoms in total. The number of amides is 2. The summed E-state index contributed by atoms with van der Waals surface area (Å²) in [4.78, 5) is 44.8. The van der Waals surface area contributed by atoms with Crippen molar-refractivity contribution in [3.05, 3.63) is 48.6 Å². The zero-order chi connectivity index (χ0) is 25.3. The molecule has 5 rings (SSSR count). The lowest BCUT2D eigenvalue weighted by Gasteiger charge is -2.35. The summed E-state index contributed by atoms with van der Waals surface area (Å²) in [5.41, 5.74) is 0.721. The predicted molar refractivity (Wildman–Crippen MR) is 137 cm³/mol. The van der Waals surface area contributed by atoms with Crippen molar-refractivity contribution in [1.29, 1.82) is 0 Å². The van der Waals surface area contributed by atoms with E-state index in [1.165, 1.54) is 0 Å². The lowest BCUT2D eigenvalue weighted by atomic mass is 9.78. The van der Waals surface area contributed by atoms with Gasteiger partial charge in [-0.3, -0.25) is 14.4 Å². The van der Waals surface area contributed by atoms with Crippen LogP contribution >= 0.6 is 11.8 Å². The van der Waals surface area contributed by atoms with Crippen LogP contribution in [0.5, 0.6) is 5.75 Å². The Hall–Kier alpha value is -2.78. The number of hydrogen-bond acceptors (Lipinski definition) is 7. The van der Waals surface area contributed by atoms with Gasteiger partial charge in [0, 0.05) is 30.6 Å². The van der Waals surface area contributed by atoms with E-state index in [1.54, 1.807) is 28.7 Å². The van der Waals surface area contributed by atoms with Gasteiger partial charge in [0.15, 0.2) is 0 Å². The summed E-state index contributed by atoms with van der Waals surface area (Å²) < 4.78 is 9.99. The lowest BCUT2D eigenvalue weighted by molar-refractivity contribution is -0.153. The normalized spacial score (nSPS) is 32.6. The maximum absolute atomic E-state index is 14.2. The Balaban J connectivity index is 1.57. The minimum atomic E-state index is -0.869. The van der Waals surface area contributed by atoms with E-state index in [1.807, 2.05) is 42.5 Å². The average Bonchev–Trinajstić information content (AvgIpc) is 3.29. The van der Waals surface area contributed by atoms with E-state index >= 15 is 0 Å². The summed E-state index contributed by atoms with van der Waals surface area (Å²) >= 11 is 1.55. The third-order valence-electron chi connectivity index (χ3n) is 7.54. The highest BCUT2D eigenvalue weighted by Crippen LogP contribution is 2.60. The van der Waals surface area contributed by atoms with Crippen molar-refractivity contribution in [1.82, 2.24) is 4.90 Å². The molecule has 1 aromatic carbocycles. The van der Waals surface area contributed by atoms with Gasteiger partial charge in [-0.15, -0.1) is 11.8 Å². The lowest BCUT2D eigenvalue weighted by Crippen LogP contribution is -2.53. The average molecular weight is 513 g/mol. The molecule has 0 bridgehead atoms. The van der Waals surface area contributed by atoms with Crippen LogP contribution in [0.3, 0.4) is 0 Å². The third-order valence-corrected chi connectivity index (χ3v) is 9.29. The second kappa shape index (κ2) is 10.3. The highest BCUT2D eigenvalue weighted by Gasteiger charge is 2.70. The predicted octanol–water partition coefficient (Wildman–Crippen LogP) is 2.56. The number of aliphatic hydroxyl groups excluding tert-OH is 1. The Bertz CT molecular complexity index is 1070. The number of carbonyl (C=O) groups is 3. The molecule has 1 N–H and O–H groups in total. The molecule has 4 aliphatic rings. The van der Waals surface area contributed by atoms with Gasteiger partial charge in [-0.05, 0) is 49.9 Å². The van der Waals surface area contributed by atoms with E-state index in [-0.39, 0.29) is 29.6 Å². The molecule has 1 aromatic rings. The fraction of sp³-hybridized carbons (Fsp3) is 0.519. The highest BCUT2D eigenvalue weighted by atomic mass is 32.2. The zero-order valence-corrected chi connectivity index (χ0v) is 21.2. The minimum absolute atomic E-state index is 0.0175. The Morgan fingerprint density at radius 1 is 1.14 bits per heavy atom. The summed E-state index contributed by atoms with van der Waals surface area (Å²) in [5, 5.41) is 9.09. The molecule has 4 aliphatic heterocycles. The number of unbranched alkanes of at least 4 members (excludes halogenated alkanes) is 1. The quantitative estimate of drug-likeness (QED) is 0.356. The summed E-state index contributed by atoms with van der Waals surface area (Å²) in [6, 6.07) is 6.55. The number of aliphatic hydroxyl groups is 1. The van der Waals surface area contributed by atoms with Crippen molar-refractivity contribution in [3.8, 4) is 5.75 Å². The molecule has 4 heterocycles. The van der Waals surface area contributed by atoms with Crippen molar-refractivity contribution in [2.45, 2.75) is 41.7 Å². The molecule has 36 heavy (non-hydrogen) atoms. The zero-order valence-electron chi connectivity index (χ0n) is 20.4. The first kappa shape index (κ1) is 24.9. The molecule has 0 aromatic heterocycles. The number of esters is 1. The maximum atomic E-state index is 14.2. The number of cyclic esters (lactones) is 1. The van der Waals surface area contributed by atoms with Crippen LogP contribution in [0.1, 0.15) is 25.7 Å². The molecule has 5 atom stereocenters. The van der Waals surface area contributed by atoms with Crippen LogP contribution in [0.15, 0.2) is 48.6 Å². The van der Waals surface area contributed by atoms with Crippen molar-refractivity contribution in [3.63, 3.8) is 0 Å². The minimum Gasteiger partial charge on any atom is -0.497 e. The molecule has 0 saturated carbocycles. The maximum Gasteiger partial charge on any atom is 0.311 e. The molecule has 192 valence electrons. The summed E-state index contributed by atoms with van der Waals surface area (Å²) in [5.74, 6) is -1.34. The van der Waals surface area contributed by atoms with E-state index < -0.39 is 22.6 Å². The summed E-state index contributed by atoms with van der Waals surface area (Å²) in [6.45, 7) is 1.06. The fourth-order valence-electron chi connectivity index (χ4n) is 5.88. The van der Waals surface area contributed by atoms with Crippen LogP contribution in [0.2, 0.25) is 0 Å². The van der Waals surface area contributed by atoms with Crippen molar-refractivity contribution >= 4 is 35.2 Å². The Kier molecular flexibility index (Phi) is 7.12. The van der Waals surface area contributed by atoms with Gasteiger partial charge in [0.1, 0.15) is 11.8 Å². The first-order valence-electron chi connectivity index (χ1n) is 12.6. The van der Waals surface area contributed by atoms with Crippen LogP contribution < -0.4 is 9.64 Å². The monoisotopic (exact) mass is 512 g/mol. The van der Waals surface area contributed by atoms with Gasteiger partial charge in [0.05, 0.1) is 30.3 Å². The van der Waals surface area contributed by atoms with E-state index in [4.69, 9.17) is 9.47 Å². The standard InChI is InChI=1S/C27H32N2O6S/c1-34-19-11-9-18(10-12-19)28-15-7-13-27-22(21-20(36-27)8-3-2-6-17-35-26(21)33)24(31)29(14-4-5-16-30)23(27)25(28)32/h3,7-13,20-23,30H,2,4-6,14-17H2,1H3/b8-3-/t20-,21+,22+,23?,27+/m1/s1. The van der Waals surface area contributed by atoms with Crippen molar-refractivity contribution in [2.75, 3.05) is 38.3 Å². The number of ether oxygens (including phenoxy) is 2. The molecule has 2 saturated heterocycles. The van der Waals surface area contributed by atoms with Crippen LogP contribution in [-0.2, 0) is 19.1 Å². The first-order valence-corrected chi connectivity index (χ1v) is 13.5. The van der Waals surface area contributed by atoms with Gasteiger partial charge in [0.25, 0.3) is 5.91 Å². The van der Waals surface area contributed by atoms with E-state index in [0.29, 0.717) is 38.3 Å². The molecule has 0 aliphatic carbocycles. The van der Waals surface area contributed by atoms with Gasteiger partial charge in [0.2, 0.25) is 5.91 Å². The number of nitrogens with zero attached hydrogens (tertiary/aromatic N) is 2. The van der Waals surface area contributed by atoms with Crippen LogP contribution in [0, 0.1) is 11.8 Å². The number of thioether (sulfide) groups is 1.